The largest absolute Gasteiger partial charge is 0.496 e. The molecule has 1 heterocycles. The monoisotopic (exact) mass is 298 g/mol. The number of ether oxygens (including phenoxy) is 2. The van der Waals surface area contributed by atoms with Gasteiger partial charge in [-0.3, -0.25) is 4.79 Å². The van der Waals surface area contributed by atoms with E-state index in [1.54, 1.807) is 30.1 Å². The Morgan fingerprint density at radius 2 is 2.40 bits per heavy atom. The van der Waals surface area contributed by atoms with E-state index in [1.165, 1.54) is 7.11 Å². The summed E-state index contributed by atoms with van der Waals surface area (Å²) in [6.45, 7) is 2.81. The molecule has 1 atom stereocenters. The highest BCUT2D eigenvalue weighted by atomic mass is 35.5. The van der Waals surface area contributed by atoms with Crippen molar-refractivity contribution in [1.82, 2.24) is 10.2 Å². The predicted octanol–water partition coefficient (Wildman–Crippen LogP) is 1.41. The summed E-state index contributed by atoms with van der Waals surface area (Å²) in [7, 11) is 3.29. The second kappa shape index (κ2) is 6.92. The summed E-state index contributed by atoms with van der Waals surface area (Å²) in [5.74, 6) is 0.396. The molecule has 0 aromatic heterocycles. The van der Waals surface area contributed by atoms with Gasteiger partial charge in [0.1, 0.15) is 5.75 Å². The van der Waals surface area contributed by atoms with Crippen LogP contribution in [0.2, 0.25) is 5.02 Å². The zero-order chi connectivity index (χ0) is 14.5. The number of nitrogens with zero attached hydrogens (tertiary/aromatic N) is 1. The third kappa shape index (κ3) is 3.62. The molecule has 110 valence electrons. The first-order chi connectivity index (χ1) is 9.61. The van der Waals surface area contributed by atoms with E-state index in [9.17, 15) is 4.79 Å². The van der Waals surface area contributed by atoms with E-state index in [2.05, 4.69) is 5.32 Å². The fourth-order valence-electron chi connectivity index (χ4n) is 2.18. The molecule has 5 nitrogen and oxygen atoms in total. The smallest absolute Gasteiger partial charge is 0.257 e. The number of morpholine rings is 1. The van der Waals surface area contributed by atoms with Crippen LogP contribution in [-0.2, 0) is 4.74 Å². The molecule has 0 saturated carbocycles. The Hall–Kier alpha value is -1.30. The highest BCUT2D eigenvalue weighted by molar-refractivity contribution is 6.31. The van der Waals surface area contributed by atoms with Gasteiger partial charge in [0.15, 0.2) is 0 Å². The molecule has 6 heteroatoms. The van der Waals surface area contributed by atoms with Crippen LogP contribution >= 0.6 is 11.6 Å². The van der Waals surface area contributed by atoms with Crippen LogP contribution in [0.1, 0.15) is 10.4 Å². The first-order valence-corrected chi connectivity index (χ1v) is 6.91. The topological polar surface area (TPSA) is 50.8 Å². The third-order valence-electron chi connectivity index (χ3n) is 3.22. The maximum atomic E-state index is 12.5. The Morgan fingerprint density at radius 3 is 3.05 bits per heavy atom. The number of rotatable bonds is 4. The number of methoxy groups -OCH3 is 1. The van der Waals surface area contributed by atoms with Crippen molar-refractivity contribution in [2.45, 2.75) is 6.10 Å². The number of hydrogen-bond donors (Lipinski definition) is 1. The summed E-state index contributed by atoms with van der Waals surface area (Å²) in [4.78, 5) is 14.1. The molecule has 1 N–H and O–H groups in total. The summed E-state index contributed by atoms with van der Waals surface area (Å²) in [6.07, 6.45) is 0.0166. The van der Waals surface area contributed by atoms with Crippen LogP contribution in [0, 0.1) is 0 Å². The number of carbonyl (C=O) groups excluding carboxylic acids is 1. The van der Waals surface area contributed by atoms with Crippen LogP contribution < -0.4 is 10.1 Å². The molecule has 1 aliphatic rings. The highest BCUT2D eigenvalue weighted by Gasteiger charge is 2.21. The molecule has 1 aliphatic heterocycles. The minimum Gasteiger partial charge on any atom is -0.496 e. The van der Waals surface area contributed by atoms with Crippen LogP contribution in [0.25, 0.3) is 0 Å². The van der Waals surface area contributed by atoms with Crippen molar-refractivity contribution in [1.29, 1.82) is 0 Å². The fourth-order valence-corrected chi connectivity index (χ4v) is 2.35. The van der Waals surface area contributed by atoms with Crippen LogP contribution in [0.3, 0.4) is 0 Å². The summed E-state index contributed by atoms with van der Waals surface area (Å²) in [5, 5.41) is 3.75. The van der Waals surface area contributed by atoms with E-state index in [1.807, 2.05) is 0 Å². The molecule has 0 radical (unpaired) electrons. The lowest BCUT2D eigenvalue weighted by Crippen LogP contribution is -2.45. The maximum Gasteiger partial charge on any atom is 0.257 e. The predicted molar refractivity (Wildman–Crippen MR) is 77.6 cm³/mol. The molecule has 1 amide bonds. The molecule has 1 aromatic carbocycles. The molecule has 0 bridgehead atoms. The van der Waals surface area contributed by atoms with Crippen molar-refractivity contribution < 1.29 is 14.3 Å². The van der Waals surface area contributed by atoms with E-state index in [-0.39, 0.29) is 12.0 Å². The lowest BCUT2D eigenvalue weighted by Gasteiger charge is -2.28. The van der Waals surface area contributed by atoms with Crippen molar-refractivity contribution >= 4 is 17.5 Å². The van der Waals surface area contributed by atoms with Gasteiger partial charge in [-0.2, -0.15) is 0 Å². The zero-order valence-corrected chi connectivity index (χ0v) is 12.4. The normalized spacial score (nSPS) is 18.6. The molecule has 1 unspecified atom stereocenters. The van der Waals surface area contributed by atoms with E-state index in [0.29, 0.717) is 29.5 Å². The van der Waals surface area contributed by atoms with E-state index in [4.69, 9.17) is 21.1 Å². The Labute approximate surface area is 123 Å². The Bertz CT molecular complexity index is 475. The van der Waals surface area contributed by atoms with Crippen LogP contribution in [0.5, 0.6) is 5.75 Å². The van der Waals surface area contributed by atoms with Crippen LogP contribution in [0.4, 0.5) is 0 Å². The number of hydrogen-bond acceptors (Lipinski definition) is 4. The van der Waals surface area contributed by atoms with E-state index >= 15 is 0 Å². The summed E-state index contributed by atoms with van der Waals surface area (Å²) in [6, 6.07) is 5.02. The third-order valence-corrected chi connectivity index (χ3v) is 3.46. The van der Waals surface area contributed by atoms with Gasteiger partial charge < -0.3 is 19.7 Å². The Morgan fingerprint density at radius 1 is 1.60 bits per heavy atom. The van der Waals surface area contributed by atoms with Crippen LogP contribution in [-0.4, -0.2) is 57.3 Å². The fraction of sp³-hybridized carbons (Fsp3) is 0.500. The van der Waals surface area contributed by atoms with Crippen molar-refractivity contribution in [3.8, 4) is 5.75 Å². The lowest BCUT2D eigenvalue weighted by molar-refractivity contribution is 0.0103. The lowest BCUT2D eigenvalue weighted by atomic mass is 10.1. The number of likely N-dealkylation sites (N-methyl/N-ethyl adjacent to an activating group) is 1. The number of benzene rings is 1. The van der Waals surface area contributed by atoms with Crippen molar-refractivity contribution in [2.75, 3.05) is 40.4 Å². The zero-order valence-electron chi connectivity index (χ0n) is 11.7. The van der Waals surface area contributed by atoms with Gasteiger partial charge in [-0.05, 0) is 18.2 Å². The van der Waals surface area contributed by atoms with E-state index in [0.717, 1.165) is 13.1 Å². The second-order valence-electron chi connectivity index (χ2n) is 4.73. The Kier molecular flexibility index (Phi) is 5.23. The Balaban J connectivity index is 2.07. The number of amides is 1. The quantitative estimate of drug-likeness (QED) is 0.913. The van der Waals surface area contributed by atoms with Gasteiger partial charge in [0.25, 0.3) is 5.91 Å². The second-order valence-corrected chi connectivity index (χ2v) is 5.16. The minimum absolute atomic E-state index is 0.0166. The van der Waals surface area contributed by atoms with Crippen molar-refractivity contribution in [3.05, 3.63) is 28.8 Å². The first kappa shape index (κ1) is 15.1. The van der Waals surface area contributed by atoms with Crippen molar-refractivity contribution in [2.24, 2.45) is 0 Å². The molecule has 20 heavy (non-hydrogen) atoms. The highest BCUT2D eigenvalue weighted by Crippen LogP contribution is 2.23. The van der Waals surface area contributed by atoms with Crippen LogP contribution in [0.15, 0.2) is 18.2 Å². The van der Waals surface area contributed by atoms with Gasteiger partial charge in [-0.15, -0.1) is 0 Å². The molecule has 0 spiro atoms. The standard InChI is InChI=1S/C14H19ClN2O3/c1-17(9-11-8-16-5-6-20-11)14(18)12-7-10(15)3-4-13(12)19-2/h3-4,7,11,16H,5-6,8-9H2,1-2H3. The van der Waals surface area contributed by atoms with Gasteiger partial charge in [0.2, 0.25) is 0 Å². The summed E-state index contributed by atoms with van der Waals surface area (Å²) < 4.78 is 10.8. The molecule has 1 fully saturated rings. The molecule has 1 saturated heterocycles. The van der Waals surface area contributed by atoms with Crippen molar-refractivity contribution in [3.63, 3.8) is 0 Å². The molecular formula is C14H19ClN2O3. The molecular weight excluding hydrogens is 280 g/mol. The van der Waals surface area contributed by atoms with E-state index < -0.39 is 0 Å². The SMILES string of the molecule is COc1ccc(Cl)cc1C(=O)N(C)CC1CNCCO1. The first-order valence-electron chi connectivity index (χ1n) is 6.53. The van der Waals surface area contributed by atoms with Gasteiger partial charge in [0, 0.05) is 31.7 Å². The number of carbonyl (C=O) groups is 1. The molecule has 1 aromatic rings. The van der Waals surface area contributed by atoms with Gasteiger partial charge in [-0.25, -0.2) is 0 Å². The average molecular weight is 299 g/mol. The summed E-state index contributed by atoms with van der Waals surface area (Å²) >= 11 is 5.95. The molecule has 0 aliphatic carbocycles. The summed E-state index contributed by atoms with van der Waals surface area (Å²) in [5.41, 5.74) is 0.464. The number of nitrogens with one attached hydrogen (secondary N) is 1. The van der Waals surface area contributed by atoms with Gasteiger partial charge in [-0.1, -0.05) is 11.6 Å². The van der Waals surface area contributed by atoms with Gasteiger partial charge >= 0.3 is 0 Å². The number of halogens is 1. The van der Waals surface area contributed by atoms with Gasteiger partial charge in [0.05, 0.1) is 25.4 Å². The minimum atomic E-state index is -0.126. The average Bonchev–Trinajstić information content (AvgIpc) is 2.47. The molecule has 2 rings (SSSR count). The maximum absolute atomic E-state index is 12.5.